The van der Waals surface area contributed by atoms with Crippen LogP contribution in [0, 0.1) is 5.92 Å². The maximum Gasteiger partial charge on any atom is 0.0596 e. The van der Waals surface area contributed by atoms with Crippen molar-refractivity contribution >= 4 is 11.4 Å². The molecule has 0 atom stereocenters. The SMILES string of the molecule is CC(C)Cc1ccc(CNc2ccccc2N(C)C)cc1. The third-order valence-electron chi connectivity index (χ3n) is 3.54. The fourth-order valence-electron chi connectivity index (χ4n) is 2.47. The van der Waals surface area contributed by atoms with Gasteiger partial charge < -0.3 is 10.2 Å². The summed E-state index contributed by atoms with van der Waals surface area (Å²) in [7, 11) is 4.14. The highest BCUT2D eigenvalue weighted by Gasteiger charge is 2.03. The predicted molar refractivity (Wildman–Crippen MR) is 93.1 cm³/mol. The van der Waals surface area contributed by atoms with Gasteiger partial charge in [0.2, 0.25) is 0 Å². The summed E-state index contributed by atoms with van der Waals surface area (Å²) in [6, 6.07) is 17.3. The van der Waals surface area contributed by atoms with Crippen molar-refractivity contribution in [2.45, 2.75) is 26.8 Å². The molecule has 0 unspecified atom stereocenters. The van der Waals surface area contributed by atoms with Gasteiger partial charge in [-0.25, -0.2) is 0 Å². The first-order chi connectivity index (χ1) is 10.1. The predicted octanol–water partition coefficient (Wildman–Crippen LogP) is 4.56. The maximum absolute atomic E-state index is 3.53. The molecule has 2 nitrogen and oxygen atoms in total. The second kappa shape index (κ2) is 7.16. The number of nitrogens with zero attached hydrogens (tertiary/aromatic N) is 1. The molecule has 0 aliphatic rings. The van der Waals surface area contributed by atoms with Gasteiger partial charge in [-0.3, -0.25) is 0 Å². The molecule has 0 fully saturated rings. The highest BCUT2D eigenvalue weighted by molar-refractivity contribution is 5.69. The second-order valence-corrected chi connectivity index (χ2v) is 6.18. The van der Waals surface area contributed by atoms with E-state index in [2.05, 4.69) is 86.7 Å². The molecule has 2 aromatic carbocycles. The Balaban J connectivity index is 2.00. The molecule has 0 amide bonds. The van der Waals surface area contributed by atoms with E-state index in [0.29, 0.717) is 5.92 Å². The number of rotatable bonds is 6. The average Bonchev–Trinajstić information content (AvgIpc) is 2.46. The molecule has 2 heteroatoms. The Morgan fingerprint density at radius 3 is 2.14 bits per heavy atom. The summed E-state index contributed by atoms with van der Waals surface area (Å²) in [4.78, 5) is 2.13. The zero-order valence-electron chi connectivity index (χ0n) is 13.6. The number of benzene rings is 2. The van der Waals surface area contributed by atoms with Crippen LogP contribution in [-0.2, 0) is 13.0 Å². The highest BCUT2D eigenvalue weighted by Crippen LogP contribution is 2.24. The van der Waals surface area contributed by atoms with Gasteiger partial charge in [-0.2, -0.15) is 0 Å². The Kier molecular flexibility index (Phi) is 5.26. The van der Waals surface area contributed by atoms with Gasteiger partial charge in [-0.15, -0.1) is 0 Å². The molecule has 1 N–H and O–H groups in total. The van der Waals surface area contributed by atoms with Gasteiger partial charge in [0.15, 0.2) is 0 Å². The summed E-state index contributed by atoms with van der Waals surface area (Å²) < 4.78 is 0. The minimum Gasteiger partial charge on any atom is -0.379 e. The van der Waals surface area contributed by atoms with Gasteiger partial charge in [-0.1, -0.05) is 50.2 Å². The van der Waals surface area contributed by atoms with Crippen LogP contribution in [-0.4, -0.2) is 14.1 Å². The van der Waals surface area contributed by atoms with Crippen molar-refractivity contribution in [2.24, 2.45) is 5.92 Å². The lowest BCUT2D eigenvalue weighted by molar-refractivity contribution is 0.647. The lowest BCUT2D eigenvalue weighted by Gasteiger charge is -2.18. The van der Waals surface area contributed by atoms with Crippen molar-refractivity contribution in [3.8, 4) is 0 Å². The van der Waals surface area contributed by atoms with Gasteiger partial charge in [0, 0.05) is 20.6 Å². The molecule has 2 aromatic rings. The quantitative estimate of drug-likeness (QED) is 0.835. The van der Waals surface area contributed by atoms with Crippen molar-refractivity contribution in [3.63, 3.8) is 0 Å². The topological polar surface area (TPSA) is 15.3 Å². The summed E-state index contributed by atoms with van der Waals surface area (Å²) >= 11 is 0. The first-order valence-corrected chi connectivity index (χ1v) is 7.64. The molecule has 0 heterocycles. The van der Waals surface area contributed by atoms with E-state index in [9.17, 15) is 0 Å². The van der Waals surface area contributed by atoms with Crippen molar-refractivity contribution in [3.05, 3.63) is 59.7 Å². The first kappa shape index (κ1) is 15.4. The third-order valence-corrected chi connectivity index (χ3v) is 3.54. The highest BCUT2D eigenvalue weighted by atomic mass is 15.1. The Morgan fingerprint density at radius 1 is 0.905 bits per heavy atom. The zero-order chi connectivity index (χ0) is 15.2. The molecule has 112 valence electrons. The number of hydrogen-bond donors (Lipinski definition) is 1. The van der Waals surface area contributed by atoms with Crippen molar-refractivity contribution < 1.29 is 0 Å². The van der Waals surface area contributed by atoms with Crippen LogP contribution < -0.4 is 10.2 Å². The summed E-state index contributed by atoms with van der Waals surface area (Å²) in [6.45, 7) is 5.37. The summed E-state index contributed by atoms with van der Waals surface area (Å²) in [6.07, 6.45) is 1.15. The number of para-hydroxylation sites is 2. The molecule has 0 radical (unpaired) electrons. The Labute approximate surface area is 128 Å². The van der Waals surface area contributed by atoms with Gasteiger partial charge in [-0.05, 0) is 35.6 Å². The molecule has 0 bridgehead atoms. The number of nitrogens with one attached hydrogen (secondary N) is 1. The van der Waals surface area contributed by atoms with E-state index in [-0.39, 0.29) is 0 Å². The van der Waals surface area contributed by atoms with E-state index in [1.165, 1.54) is 22.5 Å². The normalized spacial score (nSPS) is 10.7. The van der Waals surface area contributed by atoms with Crippen molar-refractivity contribution in [1.29, 1.82) is 0 Å². The molecule has 21 heavy (non-hydrogen) atoms. The standard InChI is InChI=1S/C19H26N2/c1-15(2)13-16-9-11-17(12-10-16)14-20-18-7-5-6-8-19(18)21(3)4/h5-12,15,20H,13-14H2,1-4H3. The van der Waals surface area contributed by atoms with E-state index < -0.39 is 0 Å². The monoisotopic (exact) mass is 282 g/mol. The lowest BCUT2D eigenvalue weighted by Crippen LogP contribution is -2.12. The van der Waals surface area contributed by atoms with E-state index in [1.807, 2.05) is 0 Å². The number of hydrogen-bond acceptors (Lipinski definition) is 2. The molecule has 0 aliphatic heterocycles. The molecular formula is C19H26N2. The number of anilines is 2. The van der Waals surface area contributed by atoms with Gasteiger partial charge in [0.25, 0.3) is 0 Å². The van der Waals surface area contributed by atoms with Crippen LogP contribution in [0.3, 0.4) is 0 Å². The van der Waals surface area contributed by atoms with Crippen molar-refractivity contribution in [2.75, 3.05) is 24.3 Å². The average molecular weight is 282 g/mol. The second-order valence-electron chi connectivity index (χ2n) is 6.18. The Bertz CT molecular complexity index is 556. The first-order valence-electron chi connectivity index (χ1n) is 7.64. The minimum absolute atomic E-state index is 0.709. The van der Waals surface area contributed by atoms with Crippen molar-refractivity contribution in [1.82, 2.24) is 0 Å². The Morgan fingerprint density at radius 2 is 1.52 bits per heavy atom. The maximum atomic E-state index is 3.53. The van der Waals surface area contributed by atoms with Crippen LogP contribution in [0.1, 0.15) is 25.0 Å². The molecule has 0 saturated carbocycles. The third kappa shape index (κ3) is 4.52. The van der Waals surface area contributed by atoms with Crippen LogP contribution in [0.4, 0.5) is 11.4 Å². The zero-order valence-corrected chi connectivity index (χ0v) is 13.6. The summed E-state index contributed by atoms with van der Waals surface area (Å²) in [5, 5.41) is 3.53. The van der Waals surface area contributed by atoms with E-state index in [4.69, 9.17) is 0 Å². The fraction of sp³-hybridized carbons (Fsp3) is 0.368. The van der Waals surface area contributed by atoms with Crippen LogP contribution in [0.15, 0.2) is 48.5 Å². The molecule has 0 aromatic heterocycles. The summed E-state index contributed by atoms with van der Waals surface area (Å²) in [5.41, 5.74) is 5.13. The smallest absolute Gasteiger partial charge is 0.0596 e. The lowest BCUT2D eigenvalue weighted by atomic mass is 10.0. The molecule has 2 rings (SSSR count). The Hall–Kier alpha value is -1.96. The van der Waals surface area contributed by atoms with Crippen LogP contribution in [0.25, 0.3) is 0 Å². The fourth-order valence-corrected chi connectivity index (χ4v) is 2.47. The summed E-state index contributed by atoms with van der Waals surface area (Å²) in [5.74, 6) is 0.709. The van der Waals surface area contributed by atoms with Crippen LogP contribution in [0.5, 0.6) is 0 Å². The van der Waals surface area contributed by atoms with Gasteiger partial charge in [0.05, 0.1) is 11.4 Å². The van der Waals surface area contributed by atoms with Gasteiger partial charge in [0.1, 0.15) is 0 Å². The van der Waals surface area contributed by atoms with Crippen LogP contribution in [0.2, 0.25) is 0 Å². The minimum atomic E-state index is 0.709. The molecule has 0 saturated heterocycles. The van der Waals surface area contributed by atoms with E-state index in [1.54, 1.807) is 0 Å². The van der Waals surface area contributed by atoms with Gasteiger partial charge >= 0.3 is 0 Å². The van der Waals surface area contributed by atoms with E-state index in [0.717, 1.165) is 13.0 Å². The largest absolute Gasteiger partial charge is 0.379 e. The van der Waals surface area contributed by atoms with E-state index >= 15 is 0 Å². The molecule has 0 spiro atoms. The van der Waals surface area contributed by atoms with Crippen LogP contribution >= 0.6 is 0 Å². The molecule has 0 aliphatic carbocycles. The molecular weight excluding hydrogens is 256 g/mol.